The molecule has 0 radical (unpaired) electrons. The highest BCUT2D eigenvalue weighted by Gasteiger charge is 2.17. The quantitative estimate of drug-likeness (QED) is 0.761. The Bertz CT molecular complexity index is 544. The Morgan fingerprint density at radius 1 is 1.45 bits per heavy atom. The van der Waals surface area contributed by atoms with Crippen molar-refractivity contribution in [3.63, 3.8) is 0 Å². The van der Waals surface area contributed by atoms with Crippen LogP contribution in [0.3, 0.4) is 0 Å². The van der Waals surface area contributed by atoms with E-state index in [4.69, 9.17) is 9.47 Å². The maximum absolute atomic E-state index is 11.6. The minimum Gasteiger partial charge on any atom is -0.393 e. The third-order valence-electron chi connectivity index (χ3n) is 3.27. The van der Waals surface area contributed by atoms with Crippen molar-refractivity contribution in [1.29, 1.82) is 0 Å². The van der Waals surface area contributed by atoms with Gasteiger partial charge in [0.25, 0.3) is 5.56 Å². The van der Waals surface area contributed by atoms with Crippen molar-refractivity contribution in [2.45, 2.75) is 38.1 Å². The first-order valence-electron chi connectivity index (χ1n) is 6.76. The van der Waals surface area contributed by atoms with E-state index in [2.05, 4.69) is 4.98 Å². The van der Waals surface area contributed by atoms with Crippen LogP contribution in [0.15, 0.2) is 15.8 Å². The predicted octanol–water partition coefficient (Wildman–Crippen LogP) is -0.480. The summed E-state index contributed by atoms with van der Waals surface area (Å²) in [6, 6.07) is 0. The number of hydrogen-bond donors (Lipinski definition) is 2. The average molecular weight is 284 g/mol. The van der Waals surface area contributed by atoms with Crippen molar-refractivity contribution in [1.82, 2.24) is 9.55 Å². The van der Waals surface area contributed by atoms with Gasteiger partial charge in [-0.3, -0.25) is 9.78 Å². The summed E-state index contributed by atoms with van der Waals surface area (Å²) in [5, 5.41) is 9.97. The Kier molecular flexibility index (Phi) is 5.11. The second kappa shape index (κ2) is 6.83. The molecule has 2 rings (SSSR count). The molecule has 7 heteroatoms. The zero-order chi connectivity index (χ0) is 14.5. The number of aliphatic hydroxyl groups excluding tert-OH is 1. The highest BCUT2D eigenvalue weighted by atomic mass is 16.7. The number of hydrogen-bond acceptors (Lipinski definition) is 5. The molecule has 0 amide bonds. The molecule has 1 saturated heterocycles. The summed E-state index contributed by atoms with van der Waals surface area (Å²) < 4.78 is 12.1. The summed E-state index contributed by atoms with van der Waals surface area (Å²) in [7, 11) is 1.55. The van der Waals surface area contributed by atoms with Crippen LogP contribution in [0.2, 0.25) is 0 Å². The van der Waals surface area contributed by atoms with E-state index in [1.807, 2.05) is 0 Å². The standard InChI is InChI=1S/C13H20N2O5/c1-15-8-9(12(17)14-13(15)18)7-10(16)3-4-11-19-5-2-6-20-11/h8,10-11,16H,2-7H2,1H3,(H,14,17,18). The van der Waals surface area contributed by atoms with E-state index >= 15 is 0 Å². The van der Waals surface area contributed by atoms with E-state index < -0.39 is 17.4 Å². The molecular formula is C13H20N2O5. The fraction of sp³-hybridized carbons (Fsp3) is 0.692. The van der Waals surface area contributed by atoms with Gasteiger partial charge in [0.05, 0.1) is 19.3 Å². The molecule has 7 nitrogen and oxygen atoms in total. The molecule has 20 heavy (non-hydrogen) atoms. The first-order chi connectivity index (χ1) is 9.56. The van der Waals surface area contributed by atoms with Crippen LogP contribution in [0.5, 0.6) is 0 Å². The molecule has 1 aromatic heterocycles. The SMILES string of the molecule is Cn1cc(CC(O)CCC2OCCCO2)c(=O)[nH]c1=O. The summed E-state index contributed by atoms with van der Waals surface area (Å²) >= 11 is 0. The Labute approximate surface area is 116 Å². The molecule has 2 heterocycles. The van der Waals surface area contributed by atoms with Gasteiger partial charge in [0, 0.05) is 31.6 Å². The van der Waals surface area contributed by atoms with Crippen molar-refractivity contribution < 1.29 is 14.6 Å². The lowest BCUT2D eigenvalue weighted by Gasteiger charge is -2.24. The molecule has 0 aromatic carbocycles. The van der Waals surface area contributed by atoms with E-state index in [0.29, 0.717) is 31.6 Å². The topological polar surface area (TPSA) is 93.6 Å². The van der Waals surface area contributed by atoms with Crippen LogP contribution in [0.4, 0.5) is 0 Å². The van der Waals surface area contributed by atoms with Gasteiger partial charge in [-0.05, 0) is 12.8 Å². The number of aliphatic hydroxyl groups is 1. The lowest BCUT2D eigenvalue weighted by molar-refractivity contribution is -0.183. The molecule has 1 atom stereocenters. The van der Waals surface area contributed by atoms with Crippen LogP contribution in [-0.4, -0.2) is 40.3 Å². The van der Waals surface area contributed by atoms with Gasteiger partial charge in [-0.25, -0.2) is 4.79 Å². The number of aromatic amines is 1. The van der Waals surface area contributed by atoms with Gasteiger partial charge < -0.3 is 19.1 Å². The first kappa shape index (κ1) is 15.0. The van der Waals surface area contributed by atoms with Gasteiger partial charge in [-0.1, -0.05) is 0 Å². The second-order valence-electron chi connectivity index (χ2n) is 4.98. The van der Waals surface area contributed by atoms with Crippen LogP contribution in [0.1, 0.15) is 24.8 Å². The van der Waals surface area contributed by atoms with Gasteiger partial charge in [-0.2, -0.15) is 0 Å². The fourth-order valence-electron chi connectivity index (χ4n) is 2.15. The normalized spacial score (nSPS) is 18.1. The van der Waals surface area contributed by atoms with E-state index in [0.717, 1.165) is 6.42 Å². The summed E-state index contributed by atoms with van der Waals surface area (Å²) in [5.41, 5.74) is -0.514. The lowest BCUT2D eigenvalue weighted by Crippen LogP contribution is -2.32. The van der Waals surface area contributed by atoms with Crippen molar-refractivity contribution in [2.75, 3.05) is 13.2 Å². The minimum atomic E-state index is -0.664. The molecule has 1 aliphatic rings. The second-order valence-corrected chi connectivity index (χ2v) is 4.98. The zero-order valence-electron chi connectivity index (χ0n) is 11.5. The van der Waals surface area contributed by atoms with Crippen LogP contribution >= 0.6 is 0 Å². The van der Waals surface area contributed by atoms with Gasteiger partial charge in [0.1, 0.15) is 0 Å². The molecular weight excluding hydrogens is 264 g/mol. The van der Waals surface area contributed by atoms with E-state index in [9.17, 15) is 14.7 Å². The third-order valence-corrected chi connectivity index (χ3v) is 3.27. The third kappa shape index (κ3) is 4.03. The minimum absolute atomic E-state index is 0.205. The van der Waals surface area contributed by atoms with E-state index in [1.165, 1.54) is 10.8 Å². The van der Waals surface area contributed by atoms with E-state index in [1.54, 1.807) is 7.05 Å². The van der Waals surface area contributed by atoms with Gasteiger partial charge in [0.2, 0.25) is 0 Å². The zero-order valence-corrected chi connectivity index (χ0v) is 11.5. The molecule has 0 saturated carbocycles. The van der Waals surface area contributed by atoms with Crippen molar-refractivity contribution in [2.24, 2.45) is 7.05 Å². The Balaban J connectivity index is 1.87. The van der Waals surface area contributed by atoms with Crippen molar-refractivity contribution in [3.8, 4) is 0 Å². The Morgan fingerprint density at radius 2 is 2.15 bits per heavy atom. The summed E-state index contributed by atoms with van der Waals surface area (Å²) in [6.07, 6.45) is 2.69. The molecule has 2 N–H and O–H groups in total. The van der Waals surface area contributed by atoms with Gasteiger partial charge in [0.15, 0.2) is 6.29 Å². The van der Waals surface area contributed by atoms with Crippen molar-refractivity contribution >= 4 is 0 Å². The smallest absolute Gasteiger partial charge is 0.328 e. The molecule has 112 valence electrons. The highest BCUT2D eigenvalue weighted by molar-refractivity contribution is 5.05. The number of nitrogens with one attached hydrogen (secondary N) is 1. The van der Waals surface area contributed by atoms with E-state index in [-0.39, 0.29) is 12.7 Å². The highest BCUT2D eigenvalue weighted by Crippen LogP contribution is 2.13. The average Bonchev–Trinajstić information content (AvgIpc) is 2.44. The van der Waals surface area contributed by atoms with Crippen LogP contribution < -0.4 is 11.2 Å². The number of aromatic nitrogens is 2. The Hall–Kier alpha value is -1.44. The summed E-state index contributed by atoms with van der Waals surface area (Å²) in [4.78, 5) is 25.0. The molecule has 0 bridgehead atoms. The summed E-state index contributed by atoms with van der Waals surface area (Å²) in [6.45, 7) is 1.36. The maximum atomic E-state index is 11.6. The van der Waals surface area contributed by atoms with Gasteiger partial charge in [-0.15, -0.1) is 0 Å². The van der Waals surface area contributed by atoms with Crippen LogP contribution in [-0.2, 0) is 22.9 Å². The number of aryl methyl sites for hydroxylation is 1. The summed E-state index contributed by atoms with van der Waals surface area (Å²) in [5.74, 6) is 0. The monoisotopic (exact) mass is 284 g/mol. The molecule has 1 aliphatic heterocycles. The van der Waals surface area contributed by atoms with Crippen molar-refractivity contribution in [3.05, 3.63) is 32.6 Å². The fourth-order valence-corrected chi connectivity index (χ4v) is 2.15. The number of ether oxygens (including phenoxy) is 2. The largest absolute Gasteiger partial charge is 0.393 e. The number of rotatable bonds is 5. The molecule has 0 aliphatic carbocycles. The Morgan fingerprint density at radius 3 is 2.85 bits per heavy atom. The lowest BCUT2D eigenvalue weighted by atomic mass is 10.1. The number of nitrogens with zero attached hydrogens (tertiary/aromatic N) is 1. The number of H-pyrrole nitrogens is 1. The molecule has 1 unspecified atom stereocenters. The molecule has 1 aromatic rings. The first-order valence-corrected chi connectivity index (χ1v) is 6.76. The predicted molar refractivity (Wildman–Crippen MR) is 71.6 cm³/mol. The molecule has 0 spiro atoms. The van der Waals surface area contributed by atoms with Crippen LogP contribution in [0.25, 0.3) is 0 Å². The molecule has 1 fully saturated rings. The van der Waals surface area contributed by atoms with Crippen LogP contribution in [0, 0.1) is 0 Å². The van der Waals surface area contributed by atoms with Gasteiger partial charge >= 0.3 is 5.69 Å². The maximum Gasteiger partial charge on any atom is 0.328 e.